The Morgan fingerprint density at radius 3 is 2.56 bits per heavy atom. The lowest BCUT2D eigenvalue weighted by atomic mass is 10.1. The van der Waals surface area contributed by atoms with Crippen LogP contribution in [0.15, 0.2) is 23.0 Å². The maximum atomic E-state index is 5.18. The van der Waals surface area contributed by atoms with E-state index in [4.69, 9.17) is 4.52 Å². The first-order valence-electron chi connectivity index (χ1n) is 5.94. The Bertz CT molecular complexity index is 516. The molecule has 1 unspecified atom stereocenters. The third-order valence-electron chi connectivity index (χ3n) is 2.93. The van der Waals surface area contributed by atoms with Crippen molar-refractivity contribution < 1.29 is 4.52 Å². The van der Waals surface area contributed by atoms with Crippen LogP contribution in [-0.2, 0) is 0 Å². The number of rotatable bonds is 4. The second-order valence-electron chi connectivity index (χ2n) is 4.32. The molecule has 5 heteroatoms. The van der Waals surface area contributed by atoms with Crippen LogP contribution in [0.25, 0.3) is 0 Å². The molecule has 2 N–H and O–H groups in total. The summed E-state index contributed by atoms with van der Waals surface area (Å²) in [5, 5.41) is 10.4. The predicted molar refractivity (Wildman–Crippen MR) is 71.8 cm³/mol. The van der Waals surface area contributed by atoms with Gasteiger partial charge >= 0.3 is 0 Å². The molecule has 96 valence electrons. The molecule has 2 heterocycles. The summed E-state index contributed by atoms with van der Waals surface area (Å²) < 4.78 is 5.18. The molecule has 2 aromatic rings. The zero-order valence-electron chi connectivity index (χ0n) is 11.1. The molecule has 0 amide bonds. The minimum atomic E-state index is 0.130. The highest BCUT2D eigenvalue weighted by atomic mass is 16.5. The summed E-state index contributed by atoms with van der Waals surface area (Å²) in [5.74, 6) is 0.852. The van der Waals surface area contributed by atoms with Gasteiger partial charge in [0.1, 0.15) is 5.76 Å². The smallest absolute Gasteiger partial charge is 0.139 e. The quantitative estimate of drug-likeness (QED) is 0.868. The van der Waals surface area contributed by atoms with Crippen LogP contribution >= 0.6 is 0 Å². The molecule has 2 aromatic heterocycles. The molecule has 0 aliphatic rings. The van der Waals surface area contributed by atoms with Crippen LogP contribution in [0.5, 0.6) is 0 Å². The summed E-state index contributed by atoms with van der Waals surface area (Å²) in [6.45, 7) is 5.96. The summed E-state index contributed by atoms with van der Waals surface area (Å²) in [6.07, 6.45) is 3.58. The van der Waals surface area contributed by atoms with Gasteiger partial charge in [0.2, 0.25) is 0 Å². The summed E-state index contributed by atoms with van der Waals surface area (Å²) >= 11 is 0. The minimum Gasteiger partial charge on any atom is -0.387 e. The van der Waals surface area contributed by atoms with Crippen molar-refractivity contribution in [3.8, 4) is 0 Å². The molecule has 5 nitrogen and oxygen atoms in total. The molecular weight excluding hydrogens is 228 g/mol. The van der Waals surface area contributed by atoms with Crippen molar-refractivity contribution >= 4 is 11.4 Å². The van der Waals surface area contributed by atoms with E-state index in [1.54, 1.807) is 12.4 Å². The van der Waals surface area contributed by atoms with Crippen molar-refractivity contribution in [1.29, 1.82) is 0 Å². The number of nitrogens with one attached hydrogen (secondary N) is 2. The first kappa shape index (κ1) is 12.4. The van der Waals surface area contributed by atoms with Crippen molar-refractivity contribution in [3.05, 3.63) is 35.5 Å². The molecule has 0 spiro atoms. The first-order valence-corrected chi connectivity index (χ1v) is 5.94. The lowest BCUT2D eigenvalue weighted by Crippen LogP contribution is -2.08. The molecule has 0 fully saturated rings. The number of aromatic nitrogens is 2. The van der Waals surface area contributed by atoms with E-state index in [2.05, 4.69) is 27.7 Å². The van der Waals surface area contributed by atoms with Gasteiger partial charge in [-0.3, -0.25) is 4.98 Å². The number of nitrogens with zero attached hydrogens (tertiary/aromatic N) is 2. The standard InChI is InChI=1S/C13H18N4O/c1-8(13-9(2)17-18-10(13)3)16-12-5-11(14-4)6-15-7-12/h5-8,14,16H,1-4H3. The van der Waals surface area contributed by atoms with Crippen molar-refractivity contribution in [2.75, 3.05) is 17.7 Å². The van der Waals surface area contributed by atoms with Gasteiger partial charge < -0.3 is 15.2 Å². The molecular formula is C13H18N4O. The highest BCUT2D eigenvalue weighted by Gasteiger charge is 2.16. The van der Waals surface area contributed by atoms with E-state index in [0.717, 1.165) is 28.4 Å². The Kier molecular flexibility index (Phi) is 3.50. The highest BCUT2D eigenvalue weighted by molar-refractivity contribution is 5.54. The molecule has 1 atom stereocenters. The Balaban J connectivity index is 2.18. The van der Waals surface area contributed by atoms with Crippen LogP contribution < -0.4 is 10.6 Å². The predicted octanol–water partition coefficient (Wildman–Crippen LogP) is 2.90. The topological polar surface area (TPSA) is 63.0 Å². The number of aryl methyl sites for hydroxylation is 2. The SMILES string of the molecule is CNc1cncc(NC(C)c2c(C)noc2C)c1. The zero-order valence-corrected chi connectivity index (χ0v) is 11.1. The Labute approximate surface area is 107 Å². The lowest BCUT2D eigenvalue weighted by Gasteiger charge is -2.15. The molecule has 0 saturated carbocycles. The Morgan fingerprint density at radius 2 is 1.94 bits per heavy atom. The van der Waals surface area contributed by atoms with Crippen LogP contribution in [0.3, 0.4) is 0 Å². The van der Waals surface area contributed by atoms with Gasteiger partial charge in [-0.15, -0.1) is 0 Å². The third-order valence-corrected chi connectivity index (χ3v) is 2.93. The Morgan fingerprint density at radius 1 is 1.22 bits per heavy atom. The molecule has 0 aliphatic carbocycles. The van der Waals surface area contributed by atoms with Gasteiger partial charge in [-0.1, -0.05) is 5.16 Å². The van der Waals surface area contributed by atoms with E-state index in [1.165, 1.54) is 0 Å². The van der Waals surface area contributed by atoms with Crippen molar-refractivity contribution in [2.45, 2.75) is 26.8 Å². The summed E-state index contributed by atoms with van der Waals surface area (Å²) in [4.78, 5) is 4.17. The fraction of sp³-hybridized carbons (Fsp3) is 0.385. The van der Waals surface area contributed by atoms with Crippen LogP contribution in [0.1, 0.15) is 30.0 Å². The van der Waals surface area contributed by atoms with Gasteiger partial charge in [-0.25, -0.2) is 0 Å². The van der Waals surface area contributed by atoms with Crippen LogP contribution in [-0.4, -0.2) is 17.2 Å². The van der Waals surface area contributed by atoms with Gasteiger partial charge in [0.15, 0.2) is 0 Å². The van der Waals surface area contributed by atoms with E-state index >= 15 is 0 Å². The molecule has 0 saturated heterocycles. The van der Waals surface area contributed by atoms with Crippen LogP contribution in [0.2, 0.25) is 0 Å². The molecule has 18 heavy (non-hydrogen) atoms. The molecule has 0 bridgehead atoms. The average molecular weight is 246 g/mol. The normalized spacial score (nSPS) is 12.2. The number of pyridine rings is 1. The fourth-order valence-corrected chi connectivity index (χ4v) is 2.09. The van der Waals surface area contributed by atoms with Crippen molar-refractivity contribution in [2.24, 2.45) is 0 Å². The zero-order chi connectivity index (χ0) is 13.1. The molecule has 0 aliphatic heterocycles. The minimum absolute atomic E-state index is 0.130. The number of anilines is 2. The molecule has 2 rings (SSSR count). The van der Waals surface area contributed by atoms with Gasteiger partial charge in [-0.05, 0) is 26.8 Å². The highest BCUT2D eigenvalue weighted by Crippen LogP contribution is 2.25. The van der Waals surface area contributed by atoms with Gasteiger partial charge in [0.05, 0.1) is 35.5 Å². The fourth-order valence-electron chi connectivity index (χ4n) is 2.09. The van der Waals surface area contributed by atoms with E-state index < -0.39 is 0 Å². The largest absolute Gasteiger partial charge is 0.387 e. The van der Waals surface area contributed by atoms with Crippen LogP contribution in [0, 0.1) is 13.8 Å². The maximum Gasteiger partial charge on any atom is 0.139 e. The van der Waals surface area contributed by atoms with Crippen LogP contribution in [0.4, 0.5) is 11.4 Å². The summed E-state index contributed by atoms with van der Waals surface area (Å²) in [5.41, 5.74) is 3.97. The lowest BCUT2D eigenvalue weighted by molar-refractivity contribution is 0.392. The van der Waals surface area contributed by atoms with Crippen molar-refractivity contribution in [3.63, 3.8) is 0 Å². The summed E-state index contributed by atoms with van der Waals surface area (Å²) in [6, 6.07) is 2.15. The molecule has 0 aromatic carbocycles. The van der Waals surface area contributed by atoms with Gasteiger partial charge in [0, 0.05) is 12.6 Å². The Hall–Kier alpha value is -2.04. The van der Waals surface area contributed by atoms with Crippen molar-refractivity contribution in [1.82, 2.24) is 10.1 Å². The maximum absolute atomic E-state index is 5.18. The molecule has 0 radical (unpaired) electrons. The van der Waals surface area contributed by atoms with Gasteiger partial charge in [0.25, 0.3) is 0 Å². The monoisotopic (exact) mass is 246 g/mol. The second kappa shape index (κ2) is 5.08. The second-order valence-corrected chi connectivity index (χ2v) is 4.32. The average Bonchev–Trinajstić information content (AvgIpc) is 2.69. The third kappa shape index (κ3) is 2.45. The van der Waals surface area contributed by atoms with E-state index in [9.17, 15) is 0 Å². The first-order chi connectivity index (χ1) is 8.61. The van der Waals surface area contributed by atoms with E-state index in [-0.39, 0.29) is 6.04 Å². The number of hydrogen-bond donors (Lipinski definition) is 2. The summed E-state index contributed by atoms with van der Waals surface area (Å²) in [7, 11) is 1.87. The van der Waals surface area contributed by atoms with Gasteiger partial charge in [-0.2, -0.15) is 0 Å². The number of hydrogen-bond acceptors (Lipinski definition) is 5. The van der Waals surface area contributed by atoms with E-state index in [0.29, 0.717) is 0 Å². The van der Waals surface area contributed by atoms with E-state index in [1.807, 2.05) is 27.0 Å².